The number of benzene rings is 1. The Kier molecular flexibility index (Phi) is 5.44. The predicted molar refractivity (Wildman–Crippen MR) is 74.4 cm³/mol. The minimum Gasteiger partial charge on any atom is -0.496 e. The molecule has 4 nitrogen and oxygen atoms in total. The van der Waals surface area contributed by atoms with Crippen LogP contribution in [-0.2, 0) is 6.54 Å². The standard InChI is InChI=1S/C14H24N2O2/c1-9(15)7-16-8-12-6-13(17-4)10(2)11(3)14(12)18-5/h6,9,16H,7-8,15H2,1-5H3. The van der Waals surface area contributed by atoms with Gasteiger partial charge in [0.15, 0.2) is 0 Å². The van der Waals surface area contributed by atoms with Crippen LogP contribution < -0.4 is 20.5 Å². The van der Waals surface area contributed by atoms with E-state index in [4.69, 9.17) is 15.2 Å². The molecule has 0 amide bonds. The summed E-state index contributed by atoms with van der Waals surface area (Å²) in [5.41, 5.74) is 9.05. The van der Waals surface area contributed by atoms with E-state index in [0.717, 1.165) is 41.3 Å². The molecule has 0 aromatic heterocycles. The van der Waals surface area contributed by atoms with E-state index in [2.05, 4.69) is 5.32 Å². The third-order valence-electron chi connectivity index (χ3n) is 3.08. The number of nitrogens with two attached hydrogens (primary N) is 1. The topological polar surface area (TPSA) is 56.5 Å². The first-order chi connectivity index (χ1) is 8.51. The third-order valence-corrected chi connectivity index (χ3v) is 3.08. The molecule has 3 N–H and O–H groups in total. The maximum absolute atomic E-state index is 5.72. The van der Waals surface area contributed by atoms with Gasteiger partial charge < -0.3 is 20.5 Å². The molecule has 1 rings (SSSR count). The SMILES string of the molecule is COc1cc(CNCC(C)N)c(OC)c(C)c1C. The average Bonchev–Trinajstić information content (AvgIpc) is 2.33. The number of hydrogen-bond donors (Lipinski definition) is 2. The van der Waals surface area contributed by atoms with Gasteiger partial charge in [-0.2, -0.15) is 0 Å². The first-order valence-corrected chi connectivity index (χ1v) is 6.18. The number of rotatable bonds is 6. The molecule has 0 aliphatic heterocycles. The lowest BCUT2D eigenvalue weighted by Crippen LogP contribution is -2.30. The number of nitrogens with one attached hydrogen (secondary N) is 1. The molecule has 4 heteroatoms. The highest BCUT2D eigenvalue weighted by molar-refractivity contribution is 5.52. The Morgan fingerprint density at radius 3 is 2.39 bits per heavy atom. The Hall–Kier alpha value is -1.26. The molecule has 1 aromatic carbocycles. The summed E-state index contributed by atoms with van der Waals surface area (Å²) >= 11 is 0. The van der Waals surface area contributed by atoms with Crippen LogP contribution >= 0.6 is 0 Å². The van der Waals surface area contributed by atoms with Crippen molar-refractivity contribution in [2.24, 2.45) is 5.73 Å². The quantitative estimate of drug-likeness (QED) is 0.810. The molecular formula is C14H24N2O2. The second-order valence-corrected chi connectivity index (χ2v) is 4.63. The minimum atomic E-state index is 0.143. The van der Waals surface area contributed by atoms with Crippen molar-refractivity contribution in [1.29, 1.82) is 0 Å². The van der Waals surface area contributed by atoms with E-state index in [1.807, 2.05) is 26.8 Å². The highest BCUT2D eigenvalue weighted by Crippen LogP contribution is 2.33. The third kappa shape index (κ3) is 3.37. The van der Waals surface area contributed by atoms with Gasteiger partial charge in [-0.05, 0) is 38.0 Å². The van der Waals surface area contributed by atoms with Gasteiger partial charge in [-0.15, -0.1) is 0 Å². The van der Waals surface area contributed by atoms with Gasteiger partial charge in [0.1, 0.15) is 11.5 Å². The Morgan fingerprint density at radius 1 is 1.22 bits per heavy atom. The zero-order valence-electron chi connectivity index (χ0n) is 12.0. The van der Waals surface area contributed by atoms with Gasteiger partial charge in [-0.3, -0.25) is 0 Å². The van der Waals surface area contributed by atoms with Gasteiger partial charge in [0.05, 0.1) is 14.2 Å². The van der Waals surface area contributed by atoms with Crippen molar-refractivity contribution in [2.75, 3.05) is 20.8 Å². The van der Waals surface area contributed by atoms with Gasteiger partial charge in [0, 0.05) is 24.7 Å². The van der Waals surface area contributed by atoms with Crippen LogP contribution in [0.2, 0.25) is 0 Å². The lowest BCUT2D eigenvalue weighted by Gasteiger charge is -2.17. The Bertz CT molecular complexity index is 403. The molecule has 0 aliphatic carbocycles. The first kappa shape index (κ1) is 14.8. The second kappa shape index (κ2) is 6.61. The zero-order valence-corrected chi connectivity index (χ0v) is 12.0. The van der Waals surface area contributed by atoms with E-state index in [9.17, 15) is 0 Å². The molecule has 0 saturated heterocycles. The molecule has 1 atom stereocenters. The van der Waals surface area contributed by atoms with Crippen LogP contribution in [0.4, 0.5) is 0 Å². The van der Waals surface area contributed by atoms with E-state index in [-0.39, 0.29) is 6.04 Å². The molecule has 0 fully saturated rings. The first-order valence-electron chi connectivity index (χ1n) is 6.18. The Morgan fingerprint density at radius 2 is 1.89 bits per heavy atom. The van der Waals surface area contributed by atoms with Crippen molar-refractivity contribution in [3.8, 4) is 11.5 Å². The maximum atomic E-state index is 5.72. The fraction of sp³-hybridized carbons (Fsp3) is 0.571. The molecule has 1 unspecified atom stereocenters. The van der Waals surface area contributed by atoms with Crippen molar-refractivity contribution in [3.63, 3.8) is 0 Å². The van der Waals surface area contributed by atoms with Crippen molar-refractivity contribution in [3.05, 3.63) is 22.8 Å². The summed E-state index contributed by atoms with van der Waals surface area (Å²) in [6.45, 7) is 7.56. The lowest BCUT2D eigenvalue weighted by molar-refractivity contribution is 0.391. The lowest BCUT2D eigenvalue weighted by atomic mass is 10.0. The largest absolute Gasteiger partial charge is 0.496 e. The van der Waals surface area contributed by atoms with Crippen molar-refractivity contribution >= 4 is 0 Å². The van der Waals surface area contributed by atoms with Gasteiger partial charge in [-0.1, -0.05) is 0 Å². The summed E-state index contributed by atoms with van der Waals surface area (Å²) in [5, 5.41) is 3.31. The van der Waals surface area contributed by atoms with Gasteiger partial charge in [-0.25, -0.2) is 0 Å². The molecular weight excluding hydrogens is 228 g/mol. The molecule has 0 spiro atoms. The average molecular weight is 252 g/mol. The number of hydrogen-bond acceptors (Lipinski definition) is 4. The normalized spacial score (nSPS) is 12.3. The molecule has 0 saturated carbocycles. The minimum absolute atomic E-state index is 0.143. The molecule has 0 heterocycles. The Balaban J connectivity index is 2.98. The van der Waals surface area contributed by atoms with Crippen LogP contribution in [0.3, 0.4) is 0 Å². The fourth-order valence-corrected chi connectivity index (χ4v) is 1.99. The monoisotopic (exact) mass is 252 g/mol. The van der Waals surface area contributed by atoms with Gasteiger partial charge in [0.25, 0.3) is 0 Å². The van der Waals surface area contributed by atoms with Crippen LogP contribution in [0, 0.1) is 13.8 Å². The summed E-state index contributed by atoms with van der Waals surface area (Å²) < 4.78 is 10.9. The molecule has 0 radical (unpaired) electrons. The van der Waals surface area contributed by atoms with Crippen LogP contribution in [-0.4, -0.2) is 26.8 Å². The highest BCUT2D eigenvalue weighted by Gasteiger charge is 2.13. The van der Waals surface area contributed by atoms with Gasteiger partial charge >= 0.3 is 0 Å². The smallest absolute Gasteiger partial charge is 0.126 e. The predicted octanol–water partition coefficient (Wildman–Crippen LogP) is 1.76. The molecule has 1 aromatic rings. The molecule has 0 bridgehead atoms. The summed E-state index contributed by atoms with van der Waals surface area (Å²) in [7, 11) is 3.39. The van der Waals surface area contributed by atoms with E-state index < -0.39 is 0 Å². The van der Waals surface area contributed by atoms with Crippen molar-refractivity contribution in [1.82, 2.24) is 5.32 Å². The number of methoxy groups -OCH3 is 2. The summed E-state index contributed by atoms with van der Waals surface area (Å²) in [4.78, 5) is 0. The van der Waals surface area contributed by atoms with E-state index in [1.54, 1.807) is 14.2 Å². The fourth-order valence-electron chi connectivity index (χ4n) is 1.99. The molecule has 0 aliphatic rings. The van der Waals surface area contributed by atoms with Crippen molar-refractivity contribution < 1.29 is 9.47 Å². The zero-order chi connectivity index (χ0) is 13.7. The summed E-state index contributed by atoms with van der Waals surface area (Å²) in [5.74, 6) is 1.82. The van der Waals surface area contributed by atoms with Gasteiger partial charge in [0.2, 0.25) is 0 Å². The van der Waals surface area contributed by atoms with Crippen LogP contribution in [0.25, 0.3) is 0 Å². The highest BCUT2D eigenvalue weighted by atomic mass is 16.5. The molecule has 102 valence electrons. The van der Waals surface area contributed by atoms with E-state index in [0.29, 0.717) is 0 Å². The molecule has 18 heavy (non-hydrogen) atoms. The summed E-state index contributed by atoms with van der Waals surface area (Å²) in [6.07, 6.45) is 0. The summed E-state index contributed by atoms with van der Waals surface area (Å²) in [6, 6.07) is 2.17. The van der Waals surface area contributed by atoms with Crippen LogP contribution in [0.1, 0.15) is 23.6 Å². The van der Waals surface area contributed by atoms with Crippen LogP contribution in [0.5, 0.6) is 11.5 Å². The van der Waals surface area contributed by atoms with E-state index >= 15 is 0 Å². The maximum Gasteiger partial charge on any atom is 0.126 e. The van der Waals surface area contributed by atoms with Crippen LogP contribution in [0.15, 0.2) is 6.07 Å². The Labute approximate surface area is 109 Å². The number of ether oxygens (including phenoxy) is 2. The second-order valence-electron chi connectivity index (χ2n) is 4.63. The van der Waals surface area contributed by atoms with Crippen molar-refractivity contribution in [2.45, 2.75) is 33.4 Å². The van der Waals surface area contributed by atoms with E-state index in [1.165, 1.54) is 0 Å².